The number of carboxylic acid groups (broad SMARTS) is 1. The van der Waals surface area contributed by atoms with Crippen molar-refractivity contribution in [1.82, 2.24) is 65.8 Å². The minimum Gasteiger partial charge on any atom is -0.481 e. The predicted octanol–water partition coefficient (Wildman–Crippen LogP) is 18.3. The van der Waals surface area contributed by atoms with Gasteiger partial charge in [-0.25, -0.2) is 9.37 Å². The molecule has 6 heterocycles. The van der Waals surface area contributed by atoms with E-state index in [-0.39, 0.29) is 5.92 Å². The Hall–Kier alpha value is -8.85. The number of nitrogens with one attached hydrogen (secondary N) is 11. The molecule has 6 aromatic carbocycles. The van der Waals surface area contributed by atoms with Gasteiger partial charge < -0.3 is 42.0 Å². The lowest BCUT2D eigenvalue weighted by Crippen LogP contribution is -2.31. The Balaban J connectivity index is 0.000000143. The second-order valence-electron chi connectivity index (χ2n) is 19.4. The van der Waals surface area contributed by atoms with Crippen LogP contribution in [0.5, 0.6) is 0 Å². The summed E-state index contributed by atoms with van der Waals surface area (Å²) in [5, 5.41) is 74.3. The third-order valence-electron chi connectivity index (χ3n) is 12.6. The molecule has 92 heavy (non-hydrogen) atoms. The summed E-state index contributed by atoms with van der Waals surface area (Å²) in [6.45, 7) is 0. The highest BCUT2D eigenvalue weighted by Crippen LogP contribution is 2.39. The third kappa shape index (κ3) is 22.2. The number of aromatic amines is 5. The number of aliphatic carboxylic acids is 1. The van der Waals surface area contributed by atoms with Gasteiger partial charge in [-0.3, -0.25) is 25.2 Å². The zero-order chi connectivity index (χ0) is 65.4. The molecule has 13 rings (SSSR count). The van der Waals surface area contributed by atoms with Crippen molar-refractivity contribution >= 4 is 183 Å². The molecule has 1 saturated carbocycles. The molecule has 0 amide bonds. The van der Waals surface area contributed by atoms with Crippen molar-refractivity contribution < 1.29 is 14.3 Å². The number of hydrogen-bond donors (Lipinski definition) is 12. The molecule has 6 aromatic heterocycles. The molecule has 0 radical (unpaired) electrons. The van der Waals surface area contributed by atoms with E-state index in [1.165, 1.54) is 10.9 Å². The molecule has 1 aliphatic rings. The minimum absolute atomic E-state index is 0.182. The predicted molar refractivity (Wildman–Crippen MR) is 375 cm³/mol. The van der Waals surface area contributed by atoms with Crippen molar-refractivity contribution in [2.45, 2.75) is 19.3 Å². The zero-order valence-electron chi connectivity index (χ0n) is 47.9. The average Bonchev–Trinajstić information content (AvgIpc) is 2.68. The number of carbonyl (C=O) groups is 1. The maximum absolute atomic E-state index is 13.3. The molecule has 1 fully saturated rings. The summed E-state index contributed by atoms with van der Waals surface area (Å²) in [7, 11) is 1.78. The molecule has 1 aliphatic carbocycles. The molecule has 31 heteroatoms. The number of benzene rings is 6. The summed E-state index contributed by atoms with van der Waals surface area (Å²) >= 11 is 40.8. The SMILES string of the molecule is Clc1ccc(Nc2ccn[nH]2)c(Cl)c1.Clc1ccccc1Nc1cnc[nH]1.Cn1ncc(Nc2ccc(Cl)cc2I)n1.Fc1cc(Cl)ccc1Nc1ccn[nH]1.N#Cc1ccc(Nc2ccn[nH]2)c(Br)c1.O=C(O)C1CC(Cc2cc(Cl)ccc2Nc2ccn[nH]2)C1. The highest BCUT2D eigenvalue weighted by atomic mass is 127. The Labute approximate surface area is 578 Å². The Kier molecular flexibility index (Phi) is 26.3. The van der Waals surface area contributed by atoms with Crippen LogP contribution in [-0.2, 0) is 18.3 Å². The molecule has 472 valence electrons. The summed E-state index contributed by atoms with van der Waals surface area (Å²) in [4.78, 5) is 19.2. The summed E-state index contributed by atoms with van der Waals surface area (Å²) in [6.07, 6.45) is 13.9. The van der Waals surface area contributed by atoms with Crippen LogP contribution in [0.1, 0.15) is 24.0 Å². The first-order chi connectivity index (χ1) is 44.4. The van der Waals surface area contributed by atoms with E-state index in [2.05, 4.69) is 137 Å². The number of hydrogen-bond acceptors (Lipinski definition) is 15. The number of carboxylic acids is 1. The van der Waals surface area contributed by atoms with Crippen molar-refractivity contribution in [2.75, 3.05) is 31.9 Å². The van der Waals surface area contributed by atoms with Crippen molar-refractivity contribution in [3.05, 3.63) is 238 Å². The first-order valence-electron chi connectivity index (χ1n) is 27.2. The lowest BCUT2D eigenvalue weighted by Gasteiger charge is -2.32. The fourth-order valence-corrected chi connectivity index (χ4v) is 10.7. The number of halogens is 9. The number of nitriles is 1. The first-order valence-corrected chi connectivity index (χ1v) is 31.3. The van der Waals surface area contributed by atoms with Gasteiger partial charge >= 0.3 is 5.97 Å². The van der Waals surface area contributed by atoms with Gasteiger partial charge in [-0.05, 0) is 172 Å². The van der Waals surface area contributed by atoms with Gasteiger partial charge in [-0.1, -0.05) is 81.7 Å². The van der Waals surface area contributed by atoms with Crippen LogP contribution in [0, 0.1) is 32.6 Å². The van der Waals surface area contributed by atoms with E-state index in [1.807, 2.05) is 91.0 Å². The lowest BCUT2D eigenvalue weighted by molar-refractivity contribution is -0.146. The fourth-order valence-electron chi connectivity index (χ4n) is 8.18. The van der Waals surface area contributed by atoms with Crippen LogP contribution in [-0.4, -0.2) is 76.8 Å². The van der Waals surface area contributed by atoms with E-state index in [1.54, 1.807) is 93.0 Å². The van der Waals surface area contributed by atoms with Crippen LogP contribution in [0.15, 0.2) is 188 Å². The van der Waals surface area contributed by atoms with Gasteiger partial charge in [-0.15, -0.1) is 5.10 Å². The fraction of sp³-hybridized carbons (Fsp3) is 0.0984. The molecule has 0 aliphatic heterocycles. The normalized spacial score (nSPS) is 12.5. The molecular weight excluding hydrogens is 1480 g/mol. The van der Waals surface area contributed by atoms with Crippen LogP contribution in [0.3, 0.4) is 0 Å². The number of H-pyrrole nitrogens is 5. The lowest BCUT2D eigenvalue weighted by atomic mass is 9.72. The summed E-state index contributed by atoms with van der Waals surface area (Å²) in [5.41, 5.74) is 6.58. The molecule has 22 nitrogen and oxygen atoms in total. The van der Waals surface area contributed by atoms with E-state index >= 15 is 0 Å². The van der Waals surface area contributed by atoms with Gasteiger partial charge in [0.2, 0.25) is 0 Å². The van der Waals surface area contributed by atoms with Crippen LogP contribution in [0.25, 0.3) is 0 Å². The highest BCUT2D eigenvalue weighted by molar-refractivity contribution is 14.1. The molecule has 0 spiro atoms. The number of para-hydroxylation sites is 1. The van der Waals surface area contributed by atoms with E-state index in [0.29, 0.717) is 48.1 Å². The smallest absolute Gasteiger partial charge is 0.306 e. The standard InChI is InChI=1S/C15H16ClN3O2.C10H7BrN4.C9H7Cl2N3.C9H7ClFN3.C9H8ClIN4.C9H8ClN3/c16-12-1-2-13(18-14-3-4-17-19-14)10(8-12)5-9-6-11(7-9)15(20)21;11-8-5-7(6-12)1-2-9(8)14-10-3-4-13-15-10;2*10-6-1-2-8(7(11)5-6)13-9-3-4-12-14-9;1-15-12-5-9(14-15)13-8-3-2-6(10)4-7(8)11;10-7-3-1-2-4-8(7)13-9-5-11-6-12-9/h1-4,8-9,11H,5-7H2,(H,20,21)(H2,17,18,19);1-5H,(H2,13,14,15);2*1-5H,(H2,12,13,14);2-5H,1H3,(H,13,14);1-6,13H,(H,11,12). The van der Waals surface area contributed by atoms with Crippen molar-refractivity contribution in [3.63, 3.8) is 0 Å². The summed E-state index contributed by atoms with van der Waals surface area (Å²) in [5.74, 6) is 3.73. The van der Waals surface area contributed by atoms with E-state index in [4.69, 9.17) is 80.0 Å². The molecule has 0 atom stereocenters. The number of aryl methyl sites for hydroxylation is 1. The van der Waals surface area contributed by atoms with Crippen molar-refractivity contribution in [3.8, 4) is 6.07 Å². The summed E-state index contributed by atoms with van der Waals surface area (Å²) < 4.78 is 15.2. The molecule has 0 bridgehead atoms. The second kappa shape index (κ2) is 35.1. The maximum Gasteiger partial charge on any atom is 0.306 e. The molecule has 0 saturated heterocycles. The first kappa shape index (κ1) is 69.0. The van der Waals surface area contributed by atoms with Gasteiger partial charge in [0.25, 0.3) is 0 Å². The Bertz CT molecular complexity index is 4190. The van der Waals surface area contributed by atoms with E-state index in [9.17, 15) is 9.18 Å². The zero-order valence-corrected chi connectivity index (χ0v) is 56.2. The van der Waals surface area contributed by atoms with Gasteiger partial charge in [0, 0.05) is 65.1 Å². The number of aromatic nitrogens is 13. The molecule has 12 N–H and O–H groups in total. The van der Waals surface area contributed by atoms with Crippen molar-refractivity contribution in [2.24, 2.45) is 18.9 Å². The van der Waals surface area contributed by atoms with E-state index in [0.717, 1.165) is 95.4 Å². The van der Waals surface area contributed by atoms with Gasteiger partial charge in [-0.2, -0.15) is 35.6 Å². The average molecular weight is 1540 g/mol. The van der Waals surface area contributed by atoms with Crippen LogP contribution in [0.4, 0.5) is 73.4 Å². The maximum atomic E-state index is 13.3. The largest absolute Gasteiger partial charge is 0.481 e. The molecule has 12 aromatic rings. The van der Waals surface area contributed by atoms with Gasteiger partial charge in [0.15, 0.2) is 5.82 Å². The summed E-state index contributed by atoms with van der Waals surface area (Å²) in [6, 6.07) is 43.2. The van der Waals surface area contributed by atoms with Gasteiger partial charge in [0.05, 0.1) is 99.5 Å². The van der Waals surface area contributed by atoms with Crippen LogP contribution >= 0.6 is 108 Å². The second-order valence-corrected chi connectivity index (χ2v) is 23.9. The number of rotatable bonds is 15. The van der Waals surface area contributed by atoms with Crippen LogP contribution in [0.2, 0.25) is 30.1 Å². The highest BCUT2D eigenvalue weighted by Gasteiger charge is 2.34. The quantitative estimate of drug-likeness (QED) is 0.0425. The topological polar surface area (TPSA) is 307 Å². The van der Waals surface area contributed by atoms with E-state index < -0.39 is 11.8 Å². The van der Waals surface area contributed by atoms with Crippen molar-refractivity contribution in [1.29, 1.82) is 5.26 Å². The number of anilines is 12. The number of nitrogens with zero attached hydrogens (tertiary/aromatic N) is 9. The Morgan fingerprint density at radius 3 is 1.64 bits per heavy atom. The molecular formula is C61H53BrCl6FIN20O2. The molecule has 0 unspecified atom stereocenters. The monoisotopic (exact) mass is 1530 g/mol. The Morgan fingerprint density at radius 2 is 1.13 bits per heavy atom. The van der Waals surface area contributed by atoms with Gasteiger partial charge in [0.1, 0.15) is 34.9 Å². The third-order valence-corrected chi connectivity index (χ3v) is 15.8. The minimum atomic E-state index is -0.687. The Morgan fingerprint density at radius 1 is 0.620 bits per heavy atom. The van der Waals surface area contributed by atoms with Crippen LogP contribution < -0.4 is 31.9 Å². The number of imidazole rings is 1.